The number of amides is 1. The SMILES string of the molecule is CC(CNS(=O)(=O)CC(=O)OC(C)(C)C)C1CCN(C(=O)OC(C)(C)C)CC1. The van der Waals surface area contributed by atoms with Gasteiger partial charge in [-0.3, -0.25) is 4.79 Å². The van der Waals surface area contributed by atoms with E-state index in [-0.39, 0.29) is 18.6 Å². The molecule has 8 nitrogen and oxygen atoms in total. The van der Waals surface area contributed by atoms with Crippen molar-refractivity contribution >= 4 is 22.1 Å². The molecule has 1 N–H and O–H groups in total. The van der Waals surface area contributed by atoms with Crippen molar-refractivity contribution in [2.24, 2.45) is 11.8 Å². The van der Waals surface area contributed by atoms with Crippen LogP contribution in [-0.2, 0) is 24.3 Å². The highest BCUT2D eigenvalue weighted by molar-refractivity contribution is 7.90. The normalized spacial score (nSPS) is 17.9. The summed E-state index contributed by atoms with van der Waals surface area (Å²) in [6, 6.07) is 0. The van der Waals surface area contributed by atoms with Gasteiger partial charge < -0.3 is 14.4 Å². The Morgan fingerprint density at radius 3 is 2.00 bits per heavy atom. The standard InChI is InChI=1S/C19H36N2O6S/c1-14(12-20-28(24,25)13-16(22)26-18(2,3)4)15-8-10-21(11-9-15)17(23)27-19(5,6)7/h14-15,20H,8-13H2,1-7H3. The Morgan fingerprint density at radius 1 is 1.04 bits per heavy atom. The molecule has 1 aliphatic heterocycles. The lowest BCUT2D eigenvalue weighted by Crippen LogP contribution is -2.44. The van der Waals surface area contributed by atoms with Gasteiger partial charge in [-0.15, -0.1) is 0 Å². The number of carbonyl (C=O) groups excluding carboxylic acids is 2. The summed E-state index contributed by atoms with van der Waals surface area (Å²) in [5, 5.41) is 0. The minimum atomic E-state index is -3.74. The number of likely N-dealkylation sites (tertiary alicyclic amines) is 1. The van der Waals surface area contributed by atoms with Crippen LogP contribution >= 0.6 is 0 Å². The van der Waals surface area contributed by atoms with Gasteiger partial charge in [-0.05, 0) is 66.2 Å². The fraction of sp³-hybridized carbons (Fsp3) is 0.895. The van der Waals surface area contributed by atoms with Gasteiger partial charge in [-0.25, -0.2) is 17.9 Å². The molecule has 1 atom stereocenters. The highest BCUT2D eigenvalue weighted by Crippen LogP contribution is 2.25. The van der Waals surface area contributed by atoms with Crippen LogP contribution in [0, 0.1) is 11.8 Å². The summed E-state index contributed by atoms with van der Waals surface area (Å²) in [6.45, 7) is 14.0. The maximum absolute atomic E-state index is 12.1. The minimum Gasteiger partial charge on any atom is -0.459 e. The summed E-state index contributed by atoms with van der Waals surface area (Å²) in [6.07, 6.45) is 1.26. The molecule has 0 aromatic rings. The molecular formula is C19H36N2O6S. The van der Waals surface area contributed by atoms with E-state index in [1.54, 1.807) is 25.7 Å². The summed E-state index contributed by atoms with van der Waals surface area (Å²) in [7, 11) is -3.74. The van der Waals surface area contributed by atoms with Gasteiger partial charge in [0.05, 0.1) is 0 Å². The molecule has 164 valence electrons. The van der Waals surface area contributed by atoms with Crippen LogP contribution in [0.2, 0.25) is 0 Å². The Labute approximate surface area is 169 Å². The van der Waals surface area contributed by atoms with Crippen molar-refractivity contribution in [1.29, 1.82) is 0 Å². The number of esters is 1. The van der Waals surface area contributed by atoms with Gasteiger partial charge in [0.2, 0.25) is 10.0 Å². The molecule has 0 aliphatic carbocycles. The van der Waals surface area contributed by atoms with Gasteiger partial charge >= 0.3 is 12.1 Å². The number of rotatable bonds is 6. The average molecular weight is 421 g/mol. The van der Waals surface area contributed by atoms with Gasteiger partial charge in [-0.2, -0.15) is 0 Å². The van der Waals surface area contributed by atoms with Crippen molar-refractivity contribution in [3.05, 3.63) is 0 Å². The van der Waals surface area contributed by atoms with Crippen molar-refractivity contribution in [2.75, 3.05) is 25.4 Å². The first kappa shape index (κ1) is 24.7. The summed E-state index contributed by atoms with van der Waals surface area (Å²) in [4.78, 5) is 25.5. The van der Waals surface area contributed by atoms with Crippen LogP contribution in [0.15, 0.2) is 0 Å². The molecule has 1 rings (SSSR count). The third-order valence-electron chi connectivity index (χ3n) is 4.35. The quantitative estimate of drug-likeness (QED) is 0.663. The smallest absolute Gasteiger partial charge is 0.410 e. The predicted molar refractivity (Wildman–Crippen MR) is 107 cm³/mol. The van der Waals surface area contributed by atoms with E-state index in [1.165, 1.54) is 0 Å². The summed E-state index contributed by atoms with van der Waals surface area (Å²) < 4.78 is 37.2. The van der Waals surface area contributed by atoms with Crippen molar-refractivity contribution in [3.8, 4) is 0 Å². The van der Waals surface area contributed by atoms with E-state index in [0.29, 0.717) is 19.0 Å². The van der Waals surface area contributed by atoms with Crippen LogP contribution in [0.1, 0.15) is 61.3 Å². The third-order valence-corrected chi connectivity index (χ3v) is 5.57. The molecule has 1 unspecified atom stereocenters. The topological polar surface area (TPSA) is 102 Å². The summed E-state index contributed by atoms with van der Waals surface area (Å²) >= 11 is 0. The molecule has 1 heterocycles. The Hall–Kier alpha value is -1.35. The molecule has 28 heavy (non-hydrogen) atoms. The molecule has 0 aromatic carbocycles. The molecule has 1 fully saturated rings. The largest absolute Gasteiger partial charge is 0.459 e. The highest BCUT2D eigenvalue weighted by atomic mass is 32.2. The molecule has 0 radical (unpaired) electrons. The molecule has 1 aliphatic rings. The molecule has 0 spiro atoms. The van der Waals surface area contributed by atoms with Gasteiger partial charge in [0, 0.05) is 19.6 Å². The number of piperidine rings is 1. The molecule has 0 bridgehead atoms. The number of nitrogens with zero attached hydrogens (tertiary/aromatic N) is 1. The Balaban J connectivity index is 2.43. The predicted octanol–water partition coefficient (Wildman–Crippen LogP) is 2.53. The first-order valence-corrected chi connectivity index (χ1v) is 11.4. The van der Waals surface area contributed by atoms with Gasteiger partial charge in [0.1, 0.15) is 11.2 Å². The second kappa shape index (κ2) is 9.43. The summed E-state index contributed by atoms with van der Waals surface area (Å²) in [5.41, 5.74) is -1.24. The fourth-order valence-electron chi connectivity index (χ4n) is 2.98. The molecule has 1 saturated heterocycles. The second-order valence-corrected chi connectivity index (χ2v) is 11.3. The lowest BCUT2D eigenvalue weighted by Gasteiger charge is -2.35. The molecule has 0 saturated carbocycles. The number of carbonyl (C=O) groups is 2. The first-order valence-electron chi connectivity index (χ1n) is 9.75. The van der Waals surface area contributed by atoms with E-state index in [9.17, 15) is 18.0 Å². The first-order chi connectivity index (χ1) is 12.6. The lowest BCUT2D eigenvalue weighted by atomic mass is 9.85. The zero-order valence-electron chi connectivity index (χ0n) is 18.2. The van der Waals surface area contributed by atoms with E-state index in [1.807, 2.05) is 27.7 Å². The van der Waals surface area contributed by atoms with Crippen molar-refractivity contribution in [2.45, 2.75) is 72.5 Å². The Bertz CT molecular complexity index is 640. The average Bonchev–Trinajstić information content (AvgIpc) is 2.48. The van der Waals surface area contributed by atoms with E-state index < -0.39 is 32.9 Å². The Kier molecular flexibility index (Phi) is 8.32. The lowest BCUT2D eigenvalue weighted by molar-refractivity contribution is -0.151. The van der Waals surface area contributed by atoms with Gasteiger partial charge in [0.25, 0.3) is 0 Å². The number of hydrogen-bond donors (Lipinski definition) is 1. The van der Waals surface area contributed by atoms with Gasteiger partial charge in [-0.1, -0.05) is 6.92 Å². The summed E-state index contributed by atoms with van der Waals surface area (Å²) in [5.74, 6) is -1.07. The number of hydrogen-bond acceptors (Lipinski definition) is 6. The molecular weight excluding hydrogens is 384 g/mol. The van der Waals surface area contributed by atoms with E-state index in [0.717, 1.165) is 12.8 Å². The fourth-order valence-corrected chi connectivity index (χ4v) is 3.97. The van der Waals surface area contributed by atoms with Gasteiger partial charge in [0.15, 0.2) is 5.75 Å². The van der Waals surface area contributed by atoms with Crippen molar-refractivity contribution in [3.63, 3.8) is 0 Å². The van der Waals surface area contributed by atoms with Crippen molar-refractivity contribution < 1.29 is 27.5 Å². The van der Waals surface area contributed by atoms with E-state index >= 15 is 0 Å². The van der Waals surface area contributed by atoms with Crippen molar-refractivity contribution in [1.82, 2.24) is 9.62 Å². The van der Waals surface area contributed by atoms with Crippen LogP contribution in [0.5, 0.6) is 0 Å². The number of nitrogens with one attached hydrogen (secondary N) is 1. The zero-order chi connectivity index (χ0) is 21.8. The molecule has 9 heteroatoms. The molecule has 0 aromatic heterocycles. The Morgan fingerprint density at radius 2 is 1.54 bits per heavy atom. The number of sulfonamides is 1. The maximum atomic E-state index is 12.1. The third kappa shape index (κ3) is 9.73. The van der Waals surface area contributed by atoms with Crippen LogP contribution < -0.4 is 4.72 Å². The van der Waals surface area contributed by atoms with Crippen LogP contribution in [0.25, 0.3) is 0 Å². The zero-order valence-corrected chi connectivity index (χ0v) is 19.0. The van der Waals surface area contributed by atoms with E-state index in [2.05, 4.69) is 4.72 Å². The highest BCUT2D eigenvalue weighted by Gasteiger charge is 2.30. The molecule has 1 amide bonds. The van der Waals surface area contributed by atoms with E-state index in [4.69, 9.17) is 9.47 Å². The van der Waals surface area contributed by atoms with Crippen LogP contribution in [-0.4, -0.2) is 62.0 Å². The minimum absolute atomic E-state index is 0.0919. The second-order valence-electron chi connectivity index (χ2n) is 9.48. The monoisotopic (exact) mass is 420 g/mol. The van der Waals surface area contributed by atoms with Crippen LogP contribution in [0.3, 0.4) is 0 Å². The van der Waals surface area contributed by atoms with Crippen LogP contribution in [0.4, 0.5) is 4.79 Å². The maximum Gasteiger partial charge on any atom is 0.410 e. The number of ether oxygens (including phenoxy) is 2.